The molecule has 1 N–H and O–H groups in total. The summed E-state index contributed by atoms with van der Waals surface area (Å²) in [6.45, 7) is 9.09. The van der Waals surface area contributed by atoms with Gasteiger partial charge in [-0.2, -0.15) is 0 Å². The lowest BCUT2D eigenvalue weighted by molar-refractivity contribution is 0.222. The molecular formula is C18H30N2. The van der Waals surface area contributed by atoms with Gasteiger partial charge in [-0.3, -0.25) is 0 Å². The summed E-state index contributed by atoms with van der Waals surface area (Å²) in [7, 11) is 0. The fraction of sp³-hybridized carbons (Fsp3) is 0.667. The zero-order chi connectivity index (χ0) is 14.2. The van der Waals surface area contributed by atoms with Crippen LogP contribution in [-0.4, -0.2) is 31.1 Å². The predicted molar refractivity (Wildman–Crippen MR) is 87.1 cm³/mol. The number of hydrogen-bond acceptors (Lipinski definition) is 2. The second-order valence-electron chi connectivity index (χ2n) is 6.09. The standard InChI is InChI=1S/C18H30N2/c1-3-19-18(17-11-9-16(2)10-12-17)15-20-13-7-5-4-6-8-14-20/h9-12,18-19H,3-8,13-15H2,1-2H3. The Labute approximate surface area is 124 Å². The molecule has 2 heteroatoms. The molecule has 1 heterocycles. The molecule has 1 aromatic rings. The van der Waals surface area contributed by atoms with Crippen LogP contribution in [-0.2, 0) is 0 Å². The van der Waals surface area contributed by atoms with Crippen molar-refractivity contribution in [3.8, 4) is 0 Å². The van der Waals surface area contributed by atoms with Gasteiger partial charge in [-0.15, -0.1) is 0 Å². The molecule has 0 spiro atoms. The van der Waals surface area contributed by atoms with Crippen LogP contribution in [0.25, 0.3) is 0 Å². The molecule has 20 heavy (non-hydrogen) atoms. The fourth-order valence-corrected chi connectivity index (χ4v) is 3.09. The Morgan fingerprint density at radius 1 is 1.00 bits per heavy atom. The molecule has 0 amide bonds. The number of nitrogens with zero attached hydrogens (tertiary/aromatic N) is 1. The molecule has 0 saturated carbocycles. The lowest BCUT2D eigenvalue weighted by atomic mass is 10.0. The van der Waals surface area contributed by atoms with E-state index in [1.54, 1.807) is 0 Å². The normalized spacial score (nSPS) is 19.3. The van der Waals surface area contributed by atoms with E-state index in [1.807, 2.05) is 0 Å². The molecule has 112 valence electrons. The minimum absolute atomic E-state index is 0.472. The highest BCUT2D eigenvalue weighted by atomic mass is 15.1. The molecular weight excluding hydrogens is 244 g/mol. The summed E-state index contributed by atoms with van der Waals surface area (Å²) in [5, 5.41) is 3.66. The molecule has 1 fully saturated rings. The summed E-state index contributed by atoms with van der Waals surface area (Å²) >= 11 is 0. The van der Waals surface area contributed by atoms with Gasteiger partial charge in [0.1, 0.15) is 0 Å². The Morgan fingerprint density at radius 3 is 2.20 bits per heavy atom. The van der Waals surface area contributed by atoms with Crippen LogP contribution in [0.5, 0.6) is 0 Å². The molecule has 0 radical (unpaired) electrons. The highest BCUT2D eigenvalue weighted by Crippen LogP contribution is 2.18. The molecule has 2 rings (SSSR count). The van der Waals surface area contributed by atoms with E-state index in [0.29, 0.717) is 6.04 Å². The van der Waals surface area contributed by atoms with E-state index in [9.17, 15) is 0 Å². The molecule has 1 saturated heterocycles. The average molecular weight is 274 g/mol. The maximum Gasteiger partial charge on any atom is 0.0449 e. The molecule has 1 aromatic carbocycles. The van der Waals surface area contributed by atoms with E-state index in [4.69, 9.17) is 0 Å². The molecule has 1 aliphatic heterocycles. The zero-order valence-corrected chi connectivity index (χ0v) is 13.2. The van der Waals surface area contributed by atoms with Gasteiger partial charge in [0.15, 0.2) is 0 Å². The SMILES string of the molecule is CCNC(CN1CCCCCCC1)c1ccc(C)cc1. The van der Waals surface area contributed by atoms with E-state index in [2.05, 4.69) is 48.3 Å². The minimum Gasteiger partial charge on any atom is -0.309 e. The van der Waals surface area contributed by atoms with E-state index >= 15 is 0 Å². The van der Waals surface area contributed by atoms with Gasteiger partial charge in [-0.25, -0.2) is 0 Å². The van der Waals surface area contributed by atoms with Gasteiger partial charge in [-0.1, -0.05) is 56.0 Å². The largest absolute Gasteiger partial charge is 0.309 e. The number of rotatable bonds is 5. The van der Waals surface area contributed by atoms with Crippen LogP contribution in [0.15, 0.2) is 24.3 Å². The minimum atomic E-state index is 0.472. The van der Waals surface area contributed by atoms with E-state index in [1.165, 1.54) is 56.3 Å². The van der Waals surface area contributed by atoms with Crippen LogP contribution in [0.2, 0.25) is 0 Å². The van der Waals surface area contributed by atoms with E-state index < -0.39 is 0 Å². The highest BCUT2D eigenvalue weighted by molar-refractivity contribution is 5.24. The smallest absolute Gasteiger partial charge is 0.0449 e. The van der Waals surface area contributed by atoms with Crippen molar-refractivity contribution in [2.45, 2.75) is 52.0 Å². The fourth-order valence-electron chi connectivity index (χ4n) is 3.09. The van der Waals surface area contributed by atoms with Crippen LogP contribution in [0.4, 0.5) is 0 Å². The van der Waals surface area contributed by atoms with Crippen molar-refractivity contribution in [3.63, 3.8) is 0 Å². The second kappa shape index (κ2) is 8.43. The number of nitrogens with one attached hydrogen (secondary N) is 1. The first kappa shape index (κ1) is 15.5. The maximum absolute atomic E-state index is 3.66. The van der Waals surface area contributed by atoms with Crippen LogP contribution in [0.3, 0.4) is 0 Å². The number of likely N-dealkylation sites (N-methyl/N-ethyl adjacent to an activating group) is 1. The second-order valence-corrected chi connectivity index (χ2v) is 6.09. The van der Waals surface area contributed by atoms with E-state index in [-0.39, 0.29) is 0 Å². The highest BCUT2D eigenvalue weighted by Gasteiger charge is 2.16. The van der Waals surface area contributed by atoms with Gasteiger partial charge in [0, 0.05) is 12.6 Å². The molecule has 1 aliphatic rings. The molecule has 1 atom stereocenters. The monoisotopic (exact) mass is 274 g/mol. The number of aryl methyl sites for hydroxylation is 1. The van der Waals surface area contributed by atoms with Crippen molar-refractivity contribution in [1.29, 1.82) is 0 Å². The Kier molecular flexibility index (Phi) is 6.55. The zero-order valence-electron chi connectivity index (χ0n) is 13.2. The van der Waals surface area contributed by atoms with Gasteiger partial charge >= 0.3 is 0 Å². The summed E-state index contributed by atoms with van der Waals surface area (Å²) in [6, 6.07) is 9.50. The quantitative estimate of drug-likeness (QED) is 0.875. The molecule has 1 unspecified atom stereocenters. The summed E-state index contributed by atoms with van der Waals surface area (Å²) in [5.41, 5.74) is 2.77. The number of benzene rings is 1. The maximum atomic E-state index is 3.66. The van der Waals surface area contributed by atoms with Crippen LogP contribution >= 0.6 is 0 Å². The van der Waals surface area contributed by atoms with Crippen molar-refractivity contribution in [1.82, 2.24) is 10.2 Å². The lowest BCUT2D eigenvalue weighted by Gasteiger charge is -2.29. The van der Waals surface area contributed by atoms with Crippen LogP contribution in [0.1, 0.15) is 56.2 Å². The molecule has 0 aromatic heterocycles. The first-order chi connectivity index (χ1) is 9.79. The summed E-state index contributed by atoms with van der Waals surface area (Å²) in [6.07, 6.45) is 6.99. The first-order valence-electron chi connectivity index (χ1n) is 8.32. The third-order valence-electron chi connectivity index (χ3n) is 4.32. The Balaban J connectivity index is 1.98. The van der Waals surface area contributed by atoms with Crippen LogP contribution < -0.4 is 5.32 Å². The summed E-state index contributed by atoms with van der Waals surface area (Å²) in [4.78, 5) is 2.66. The Hall–Kier alpha value is -0.860. The summed E-state index contributed by atoms with van der Waals surface area (Å²) < 4.78 is 0. The lowest BCUT2D eigenvalue weighted by Crippen LogP contribution is -2.37. The van der Waals surface area contributed by atoms with Crippen LogP contribution in [0, 0.1) is 6.92 Å². The third kappa shape index (κ3) is 4.92. The molecule has 2 nitrogen and oxygen atoms in total. The van der Waals surface area contributed by atoms with E-state index in [0.717, 1.165) is 13.1 Å². The first-order valence-corrected chi connectivity index (χ1v) is 8.32. The van der Waals surface area contributed by atoms with Gasteiger partial charge in [0.05, 0.1) is 0 Å². The van der Waals surface area contributed by atoms with Gasteiger partial charge < -0.3 is 10.2 Å². The third-order valence-corrected chi connectivity index (χ3v) is 4.32. The topological polar surface area (TPSA) is 15.3 Å². The van der Waals surface area contributed by atoms with Gasteiger partial charge in [-0.05, 0) is 45.0 Å². The van der Waals surface area contributed by atoms with Crippen molar-refractivity contribution in [2.24, 2.45) is 0 Å². The van der Waals surface area contributed by atoms with Crippen molar-refractivity contribution < 1.29 is 0 Å². The number of likely N-dealkylation sites (tertiary alicyclic amines) is 1. The molecule has 0 aliphatic carbocycles. The van der Waals surface area contributed by atoms with Crippen molar-refractivity contribution in [3.05, 3.63) is 35.4 Å². The average Bonchev–Trinajstić information content (AvgIpc) is 2.42. The molecule has 0 bridgehead atoms. The van der Waals surface area contributed by atoms with Gasteiger partial charge in [0.25, 0.3) is 0 Å². The number of hydrogen-bond donors (Lipinski definition) is 1. The van der Waals surface area contributed by atoms with Crippen molar-refractivity contribution >= 4 is 0 Å². The Bertz CT molecular complexity index is 364. The summed E-state index contributed by atoms with van der Waals surface area (Å²) in [5.74, 6) is 0. The predicted octanol–water partition coefficient (Wildman–Crippen LogP) is 3.91. The van der Waals surface area contributed by atoms with Crippen molar-refractivity contribution in [2.75, 3.05) is 26.2 Å². The Morgan fingerprint density at radius 2 is 1.60 bits per heavy atom. The van der Waals surface area contributed by atoms with Gasteiger partial charge in [0.2, 0.25) is 0 Å².